The van der Waals surface area contributed by atoms with Crippen LogP contribution in [0.4, 0.5) is 0 Å². The lowest BCUT2D eigenvalue weighted by atomic mass is 10.2. The van der Waals surface area contributed by atoms with Crippen molar-refractivity contribution in [1.82, 2.24) is 5.32 Å². The molecule has 4 nitrogen and oxygen atoms in total. The average Bonchev–Trinajstić information content (AvgIpc) is 3.11. The van der Waals surface area contributed by atoms with Gasteiger partial charge in [0, 0.05) is 5.75 Å². The summed E-state index contributed by atoms with van der Waals surface area (Å²) in [5.74, 6) is 1.34. The third kappa shape index (κ3) is 4.06. The van der Waals surface area contributed by atoms with Gasteiger partial charge in [0.05, 0.1) is 12.5 Å². The van der Waals surface area contributed by atoms with Crippen molar-refractivity contribution in [2.24, 2.45) is 0 Å². The van der Waals surface area contributed by atoms with Crippen LogP contribution >= 0.6 is 11.8 Å². The van der Waals surface area contributed by atoms with E-state index in [1.54, 1.807) is 18.9 Å². The summed E-state index contributed by atoms with van der Waals surface area (Å²) >= 11 is 1.71. The fourth-order valence-corrected chi connectivity index (χ4v) is 3.64. The van der Waals surface area contributed by atoms with E-state index in [2.05, 4.69) is 5.32 Å². The van der Waals surface area contributed by atoms with Gasteiger partial charge in [0.15, 0.2) is 0 Å². The van der Waals surface area contributed by atoms with E-state index in [4.69, 9.17) is 9.47 Å². The maximum absolute atomic E-state index is 12.2. The molecule has 0 saturated carbocycles. The fraction of sp³-hybridized carbons (Fsp3) is 0.278. The van der Waals surface area contributed by atoms with Crippen molar-refractivity contribution in [3.05, 3.63) is 65.7 Å². The van der Waals surface area contributed by atoms with Crippen LogP contribution in [-0.4, -0.2) is 24.9 Å². The molecular formula is C18H19NO3S. The Labute approximate surface area is 140 Å². The predicted molar refractivity (Wildman–Crippen MR) is 91.4 cm³/mol. The van der Waals surface area contributed by atoms with Gasteiger partial charge < -0.3 is 9.47 Å². The Bertz CT molecular complexity index is 645. The van der Waals surface area contributed by atoms with E-state index in [1.165, 1.54) is 0 Å². The number of carbonyl (C=O) groups excluding carboxylic acids is 1. The van der Waals surface area contributed by atoms with E-state index in [-0.39, 0.29) is 17.4 Å². The third-order valence-electron chi connectivity index (χ3n) is 3.71. The Balaban J connectivity index is 1.53. The molecule has 1 heterocycles. The van der Waals surface area contributed by atoms with Gasteiger partial charge in [-0.1, -0.05) is 42.5 Å². The van der Waals surface area contributed by atoms with E-state index in [9.17, 15) is 4.79 Å². The number of hydrogen-bond donors (Lipinski definition) is 1. The first-order valence-electron chi connectivity index (χ1n) is 7.48. The van der Waals surface area contributed by atoms with Gasteiger partial charge in [0.2, 0.25) is 0 Å². The number of rotatable bonds is 5. The molecule has 1 aliphatic heterocycles. The topological polar surface area (TPSA) is 47.6 Å². The Kier molecular flexibility index (Phi) is 5.20. The summed E-state index contributed by atoms with van der Waals surface area (Å²) in [4.78, 5) is 12.2. The van der Waals surface area contributed by atoms with E-state index < -0.39 is 0 Å². The largest absolute Gasteiger partial charge is 0.497 e. The maximum Gasteiger partial charge on any atom is 0.324 e. The van der Waals surface area contributed by atoms with E-state index in [0.717, 1.165) is 16.9 Å². The zero-order valence-electron chi connectivity index (χ0n) is 12.9. The molecule has 0 spiro atoms. The lowest BCUT2D eigenvalue weighted by Gasteiger charge is -2.13. The lowest BCUT2D eigenvalue weighted by Crippen LogP contribution is -2.35. The molecule has 1 unspecified atom stereocenters. The first kappa shape index (κ1) is 15.9. The number of thioether (sulfide) groups is 1. The summed E-state index contributed by atoms with van der Waals surface area (Å²) in [6.07, 6.45) is 0. The van der Waals surface area contributed by atoms with Gasteiger partial charge in [-0.05, 0) is 23.3 Å². The van der Waals surface area contributed by atoms with Crippen LogP contribution in [0.15, 0.2) is 54.6 Å². The minimum atomic E-state index is -0.268. The fourth-order valence-electron chi connectivity index (χ4n) is 2.41. The minimum Gasteiger partial charge on any atom is -0.497 e. The van der Waals surface area contributed by atoms with Crippen LogP contribution in [0.3, 0.4) is 0 Å². The van der Waals surface area contributed by atoms with Gasteiger partial charge in [0.1, 0.15) is 18.4 Å². The van der Waals surface area contributed by atoms with Gasteiger partial charge in [-0.25, -0.2) is 0 Å². The van der Waals surface area contributed by atoms with Crippen LogP contribution < -0.4 is 10.1 Å². The monoisotopic (exact) mass is 329 g/mol. The van der Waals surface area contributed by atoms with Crippen LogP contribution in [0.25, 0.3) is 0 Å². The zero-order valence-corrected chi connectivity index (χ0v) is 13.7. The van der Waals surface area contributed by atoms with Gasteiger partial charge in [-0.15, -0.1) is 11.8 Å². The van der Waals surface area contributed by atoms with Crippen molar-refractivity contribution in [2.75, 3.05) is 12.9 Å². The molecule has 2 aromatic carbocycles. The standard InChI is InChI=1S/C18H19NO3S/c1-21-15-9-7-14(8-10-15)17-19-16(12-23-17)18(20)22-11-13-5-3-2-4-6-13/h2-10,16-17,19H,11-12H2,1H3/t16-,17?/m0/s1. The summed E-state index contributed by atoms with van der Waals surface area (Å²) in [7, 11) is 1.65. The van der Waals surface area contributed by atoms with Gasteiger partial charge >= 0.3 is 5.97 Å². The molecule has 0 amide bonds. The highest BCUT2D eigenvalue weighted by molar-refractivity contribution is 7.99. The molecule has 120 valence electrons. The first-order valence-corrected chi connectivity index (χ1v) is 8.53. The Morgan fingerprint density at radius 2 is 1.91 bits per heavy atom. The molecule has 23 heavy (non-hydrogen) atoms. The first-order chi connectivity index (χ1) is 11.3. The van der Waals surface area contributed by atoms with Crippen molar-refractivity contribution in [3.8, 4) is 5.75 Å². The lowest BCUT2D eigenvalue weighted by molar-refractivity contribution is -0.146. The van der Waals surface area contributed by atoms with Crippen LogP contribution in [0.1, 0.15) is 16.5 Å². The third-order valence-corrected chi connectivity index (χ3v) is 4.98. The summed E-state index contributed by atoms with van der Waals surface area (Å²) in [5, 5.41) is 3.44. The highest BCUT2D eigenvalue weighted by Gasteiger charge is 2.31. The molecule has 1 N–H and O–H groups in total. The van der Waals surface area contributed by atoms with Gasteiger partial charge in [-0.3, -0.25) is 10.1 Å². The molecule has 1 fully saturated rings. The van der Waals surface area contributed by atoms with E-state index in [1.807, 2.05) is 54.6 Å². The Morgan fingerprint density at radius 1 is 1.17 bits per heavy atom. The van der Waals surface area contributed by atoms with Crippen LogP contribution in [0.2, 0.25) is 0 Å². The number of carbonyl (C=O) groups is 1. The molecule has 1 saturated heterocycles. The molecular weight excluding hydrogens is 310 g/mol. The highest BCUT2D eigenvalue weighted by Crippen LogP contribution is 2.33. The molecule has 0 aliphatic carbocycles. The minimum absolute atomic E-state index is 0.107. The smallest absolute Gasteiger partial charge is 0.324 e. The van der Waals surface area contributed by atoms with Gasteiger partial charge in [0.25, 0.3) is 0 Å². The summed E-state index contributed by atoms with van der Waals surface area (Å²) in [5.41, 5.74) is 2.13. The maximum atomic E-state index is 12.2. The number of hydrogen-bond acceptors (Lipinski definition) is 5. The number of esters is 1. The molecule has 2 aromatic rings. The molecule has 3 rings (SSSR count). The number of methoxy groups -OCH3 is 1. The van der Waals surface area contributed by atoms with E-state index >= 15 is 0 Å². The van der Waals surface area contributed by atoms with E-state index in [0.29, 0.717) is 12.4 Å². The van der Waals surface area contributed by atoms with Crippen molar-refractivity contribution in [2.45, 2.75) is 18.0 Å². The summed E-state index contributed by atoms with van der Waals surface area (Å²) in [6.45, 7) is 0.315. The molecule has 2 atom stereocenters. The quantitative estimate of drug-likeness (QED) is 0.854. The van der Waals surface area contributed by atoms with Gasteiger partial charge in [-0.2, -0.15) is 0 Å². The normalized spacial score (nSPS) is 20.2. The van der Waals surface area contributed by atoms with Crippen LogP contribution in [0, 0.1) is 0 Å². The zero-order chi connectivity index (χ0) is 16.1. The number of benzene rings is 2. The highest BCUT2D eigenvalue weighted by atomic mass is 32.2. The molecule has 0 radical (unpaired) electrons. The van der Waals surface area contributed by atoms with Crippen molar-refractivity contribution < 1.29 is 14.3 Å². The molecule has 0 aromatic heterocycles. The van der Waals surface area contributed by atoms with Crippen molar-refractivity contribution in [3.63, 3.8) is 0 Å². The van der Waals surface area contributed by atoms with Crippen LogP contribution in [-0.2, 0) is 16.1 Å². The summed E-state index contributed by atoms with van der Waals surface area (Å²) in [6, 6.07) is 17.3. The average molecular weight is 329 g/mol. The summed E-state index contributed by atoms with van der Waals surface area (Å²) < 4.78 is 10.6. The number of nitrogens with one attached hydrogen (secondary N) is 1. The second-order valence-corrected chi connectivity index (χ2v) is 6.44. The van der Waals surface area contributed by atoms with Crippen LogP contribution in [0.5, 0.6) is 5.75 Å². The molecule has 0 bridgehead atoms. The van der Waals surface area contributed by atoms with Crippen molar-refractivity contribution >= 4 is 17.7 Å². The Hall–Kier alpha value is -1.98. The SMILES string of the molecule is COc1ccc(C2N[C@H](C(=O)OCc3ccccc3)CS2)cc1. The Morgan fingerprint density at radius 3 is 2.61 bits per heavy atom. The second kappa shape index (κ2) is 7.53. The second-order valence-electron chi connectivity index (χ2n) is 5.30. The predicted octanol–water partition coefficient (Wildman–Crippen LogP) is 3.14. The van der Waals surface area contributed by atoms with Crippen molar-refractivity contribution in [1.29, 1.82) is 0 Å². The molecule has 1 aliphatic rings. The molecule has 5 heteroatoms. The number of ether oxygens (including phenoxy) is 2.